The van der Waals surface area contributed by atoms with Gasteiger partial charge in [-0.25, -0.2) is 0 Å². The van der Waals surface area contributed by atoms with Crippen LogP contribution in [0.4, 0.5) is 5.69 Å². The van der Waals surface area contributed by atoms with E-state index in [0.717, 1.165) is 0 Å². The van der Waals surface area contributed by atoms with Crippen molar-refractivity contribution in [2.75, 3.05) is 0 Å². The number of nitro groups is 1. The Morgan fingerprint density at radius 2 is 1.83 bits per heavy atom. The molecule has 0 radical (unpaired) electrons. The van der Waals surface area contributed by atoms with E-state index in [1.165, 1.54) is 18.2 Å². The molecule has 0 unspecified atom stereocenters. The Kier molecular flexibility index (Phi) is 4.31. The molecule has 0 saturated heterocycles. The maximum Gasteiger partial charge on any atom is 0.271 e. The lowest BCUT2D eigenvalue weighted by Crippen LogP contribution is -1.86. The van der Waals surface area contributed by atoms with Crippen molar-refractivity contribution in [2.24, 2.45) is 0 Å². The van der Waals surface area contributed by atoms with E-state index in [0.29, 0.717) is 5.02 Å². The van der Waals surface area contributed by atoms with Crippen LogP contribution < -0.4 is 0 Å². The van der Waals surface area contributed by atoms with Gasteiger partial charge in [0.25, 0.3) is 5.69 Å². The molecule has 0 aliphatic carbocycles. The van der Waals surface area contributed by atoms with Gasteiger partial charge in [0.05, 0.1) is 15.0 Å². The van der Waals surface area contributed by atoms with E-state index in [9.17, 15) is 10.1 Å². The van der Waals surface area contributed by atoms with Crippen molar-refractivity contribution in [3.8, 4) is 0 Å². The second-order valence-corrected chi connectivity index (χ2v) is 2.67. The number of rotatable bonds is 1. The molecular formula is C6H4Cl3NO2. The first-order valence-corrected chi connectivity index (χ1v) is 3.46. The monoisotopic (exact) mass is 227 g/mol. The smallest absolute Gasteiger partial charge is 0.258 e. The first-order valence-electron chi connectivity index (χ1n) is 2.70. The number of hydrogen-bond donors (Lipinski definition) is 0. The molecule has 1 rings (SSSR count). The standard InChI is InChI=1S/C6H3Cl2NO2.ClH/c7-5-2-1-4(9(10)11)3-6(5)8;/h1-3H;1H. The van der Waals surface area contributed by atoms with Crippen LogP contribution in [-0.2, 0) is 0 Å². The molecule has 0 aliphatic heterocycles. The molecule has 1 aromatic rings. The molecule has 3 nitrogen and oxygen atoms in total. The molecule has 0 aliphatic rings. The van der Waals surface area contributed by atoms with Gasteiger partial charge >= 0.3 is 0 Å². The van der Waals surface area contributed by atoms with Crippen LogP contribution in [0.1, 0.15) is 0 Å². The fourth-order valence-electron chi connectivity index (χ4n) is 0.599. The molecule has 66 valence electrons. The van der Waals surface area contributed by atoms with Crippen LogP contribution >= 0.6 is 35.6 Å². The minimum Gasteiger partial charge on any atom is -0.258 e. The van der Waals surface area contributed by atoms with Crippen LogP contribution in [0.25, 0.3) is 0 Å². The van der Waals surface area contributed by atoms with Crippen molar-refractivity contribution in [1.82, 2.24) is 0 Å². The predicted octanol–water partition coefficient (Wildman–Crippen LogP) is 3.32. The first-order chi connectivity index (χ1) is 5.11. The largest absolute Gasteiger partial charge is 0.271 e. The number of nitrogens with zero attached hydrogens (tertiary/aromatic N) is 1. The molecule has 0 atom stereocenters. The van der Waals surface area contributed by atoms with E-state index in [1.807, 2.05) is 0 Å². The van der Waals surface area contributed by atoms with Gasteiger partial charge in [0.15, 0.2) is 0 Å². The van der Waals surface area contributed by atoms with Gasteiger partial charge in [0.2, 0.25) is 0 Å². The summed E-state index contributed by atoms with van der Waals surface area (Å²) in [6.07, 6.45) is 0. The van der Waals surface area contributed by atoms with Crippen LogP contribution in [0.2, 0.25) is 10.0 Å². The van der Waals surface area contributed by atoms with Gasteiger partial charge < -0.3 is 0 Å². The minimum absolute atomic E-state index is 0. The fraction of sp³-hybridized carbons (Fsp3) is 0. The lowest BCUT2D eigenvalue weighted by molar-refractivity contribution is -0.384. The molecule has 0 fully saturated rings. The van der Waals surface area contributed by atoms with Gasteiger partial charge in [-0.2, -0.15) is 0 Å². The van der Waals surface area contributed by atoms with Gasteiger partial charge in [0.1, 0.15) is 0 Å². The number of hydrogen-bond acceptors (Lipinski definition) is 2. The van der Waals surface area contributed by atoms with Crippen LogP contribution in [0.5, 0.6) is 0 Å². The average Bonchev–Trinajstić information content (AvgIpc) is 1.94. The van der Waals surface area contributed by atoms with Gasteiger partial charge in [-0.1, -0.05) is 23.2 Å². The molecule has 1 aromatic carbocycles. The zero-order valence-corrected chi connectivity index (χ0v) is 7.99. The second kappa shape index (κ2) is 4.50. The summed E-state index contributed by atoms with van der Waals surface area (Å²) in [6.45, 7) is 0. The molecule has 0 spiro atoms. The van der Waals surface area contributed by atoms with Crippen molar-refractivity contribution >= 4 is 41.3 Å². The molecular weight excluding hydrogens is 224 g/mol. The summed E-state index contributed by atoms with van der Waals surface area (Å²) in [5.41, 5.74) is -0.0561. The van der Waals surface area contributed by atoms with Crippen molar-refractivity contribution < 1.29 is 4.92 Å². The van der Waals surface area contributed by atoms with Gasteiger partial charge in [-0.3, -0.25) is 10.1 Å². The summed E-state index contributed by atoms with van der Waals surface area (Å²) in [5, 5.41) is 10.7. The van der Waals surface area contributed by atoms with E-state index >= 15 is 0 Å². The average molecular weight is 228 g/mol. The first kappa shape index (κ1) is 11.5. The van der Waals surface area contributed by atoms with E-state index in [4.69, 9.17) is 23.2 Å². The molecule has 6 heteroatoms. The highest BCUT2D eigenvalue weighted by molar-refractivity contribution is 6.42. The van der Waals surface area contributed by atoms with Crippen LogP contribution in [-0.4, -0.2) is 4.92 Å². The molecule has 12 heavy (non-hydrogen) atoms. The van der Waals surface area contributed by atoms with E-state index in [1.54, 1.807) is 0 Å². The SMILES string of the molecule is Cl.O=[N+]([O-])c1ccc(Cl)c(Cl)c1. The second-order valence-electron chi connectivity index (χ2n) is 1.86. The lowest BCUT2D eigenvalue weighted by Gasteiger charge is -1.93. The minimum atomic E-state index is -0.526. The molecule has 0 saturated carbocycles. The zero-order chi connectivity index (χ0) is 8.43. The van der Waals surface area contributed by atoms with Gasteiger partial charge in [-0.05, 0) is 6.07 Å². The third kappa shape index (κ3) is 2.52. The lowest BCUT2D eigenvalue weighted by atomic mass is 10.3. The molecule has 0 N–H and O–H groups in total. The Morgan fingerprint density at radius 1 is 1.25 bits per heavy atom. The summed E-state index contributed by atoms with van der Waals surface area (Å²) >= 11 is 11.1. The summed E-state index contributed by atoms with van der Waals surface area (Å²) in [6, 6.07) is 3.90. The van der Waals surface area contributed by atoms with Crippen LogP contribution in [0.3, 0.4) is 0 Å². The van der Waals surface area contributed by atoms with Gasteiger partial charge in [0, 0.05) is 12.1 Å². The predicted molar refractivity (Wildman–Crippen MR) is 50.4 cm³/mol. The third-order valence-electron chi connectivity index (χ3n) is 1.11. The highest BCUT2D eigenvalue weighted by Crippen LogP contribution is 2.25. The van der Waals surface area contributed by atoms with Gasteiger partial charge in [-0.15, -0.1) is 12.4 Å². The number of benzene rings is 1. The third-order valence-corrected chi connectivity index (χ3v) is 1.85. The maximum absolute atomic E-state index is 10.2. The highest BCUT2D eigenvalue weighted by atomic mass is 35.5. The zero-order valence-electron chi connectivity index (χ0n) is 5.66. The molecule has 0 bridgehead atoms. The van der Waals surface area contributed by atoms with E-state index in [2.05, 4.69) is 0 Å². The summed E-state index contributed by atoms with van der Waals surface area (Å²) < 4.78 is 0. The van der Waals surface area contributed by atoms with Crippen molar-refractivity contribution in [3.05, 3.63) is 38.4 Å². The Balaban J connectivity index is 0.00000121. The Bertz CT molecular complexity index is 303. The summed E-state index contributed by atoms with van der Waals surface area (Å²) in [4.78, 5) is 9.64. The molecule has 0 aromatic heterocycles. The van der Waals surface area contributed by atoms with Crippen molar-refractivity contribution in [2.45, 2.75) is 0 Å². The summed E-state index contributed by atoms with van der Waals surface area (Å²) in [7, 11) is 0. The summed E-state index contributed by atoms with van der Waals surface area (Å²) in [5.74, 6) is 0. The number of nitro benzene ring substituents is 1. The Morgan fingerprint density at radius 3 is 2.25 bits per heavy atom. The molecule has 0 heterocycles. The highest BCUT2D eigenvalue weighted by Gasteiger charge is 2.06. The quantitative estimate of drug-likeness (QED) is 0.546. The number of non-ortho nitro benzene ring substituents is 1. The maximum atomic E-state index is 10.2. The fourth-order valence-corrected chi connectivity index (χ4v) is 0.891. The van der Waals surface area contributed by atoms with Crippen molar-refractivity contribution in [1.29, 1.82) is 0 Å². The Hall–Kier alpha value is -0.510. The van der Waals surface area contributed by atoms with Crippen LogP contribution in [0.15, 0.2) is 18.2 Å². The normalized spacial score (nSPS) is 8.83. The van der Waals surface area contributed by atoms with Crippen molar-refractivity contribution in [3.63, 3.8) is 0 Å². The topological polar surface area (TPSA) is 43.1 Å². The number of halogens is 3. The van der Waals surface area contributed by atoms with Crippen LogP contribution in [0, 0.1) is 10.1 Å². The Labute approximate surface area is 84.8 Å². The van der Waals surface area contributed by atoms with E-state index in [-0.39, 0.29) is 23.1 Å². The van der Waals surface area contributed by atoms with E-state index < -0.39 is 4.92 Å². The molecule has 0 amide bonds.